The van der Waals surface area contributed by atoms with Crippen molar-refractivity contribution in [2.24, 2.45) is 0 Å². The number of hydrogen-bond donors (Lipinski definition) is 0. The molecule has 4 aromatic rings. The second-order valence-corrected chi connectivity index (χ2v) is 4.85. The Morgan fingerprint density at radius 3 is 2.73 bits per heavy atom. The minimum Gasteiger partial charge on any atom is -0.497 e. The molecule has 1 aromatic carbocycles. The molecule has 5 heteroatoms. The number of nitrogens with zero attached hydrogens (tertiary/aromatic N) is 3. The molecule has 0 aliphatic heterocycles. The number of ether oxygens (including phenoxy) is 1. The Bertz CT molecular complexity index is 926. The molecule has 0 bridgehead atoms. The van der Waals surface area contributed by atoms with Gasteiger partial charge in [0.2, 0.25) is 5.71 Å². The van der Waals surface area contributed by atoms with Crippen LogP contribution in [-0.2, 0) is 0 Å². The fourth-order valence-corrected chi connectivity index (χ4v) is 2.44. The van der Waals surface area contributed by atoms with Gasteiger partial charge in [-0.1, -0.05) is 12.1 Å². The summed E-state index contributed by atoms with van der Waals surface area (Å²) in [4.78, 5) is 8.58. The van der Waals surface area contributed by atoms with Gasteiger partial charge in [-0.05, 0) is 30.3 Å². The van der Waals surface area contributed by atoms with E-state index in [4.69, 9.17) is 9.15 Å². The zero-order chi connectivity index (χ0) is 14.9. The summed E-state index contributed by atoms with van der Waals surface area (Å²) < 4.78 is 13.1. The number of methoxy groups -OCH3 is 1. The fourth-order valence-electron chi connectivity index (χ4n) is 2.44. The van der Waals surface area contributed by atoms with Gasteiger partial charge in [0, 0.05) is 18.0 Å². The highest BCUT2D eigenvalue weighted by molar-refractivity contribution is 5.86. The molecule has 22 heavy (non-hydrogen) atoms. The summed E-state index contributed by atoms with van der Waals surface area (Å²) in [6.45, 7) is 0. The van der Waals surface area contributed by atoms with Crippen LogP contribution in [0.4, 0.5) is 0 Å². The maximum atomic E-state index is 5.87. The smallest absolute Gasteiger partial charge is 0.231 e. The van der Waals surface area contributed by atoms with Crippen LogP contribution in [0, 0.1) is 0 Å². The Hall–Kier alpha value is -3.08. The fraction of sp³-hybridized carbons (Fsp3) is 0.0588. The van der Waals surface area contributed by atoms with Gasteiger partial charge in [-0.25, -0.2) is 9.97 Å². The van der Waals surface area contributed by atoms with Crippen LogP contribution in [-0.4, -0.2) is 21.6 Å². The molecule has 0 N–H and O–H groups in total. The van der Waals surface area contributed by atoms with Crippen molar-refractivity contribution in [1.29, 1.82) is 0 Å². The molecular weight excluding hydrogens is 278 g/mol. The van der Waals surface area contributed by atoms with Crippen molar-refractivity contribution >= 4 is 11.1 Å². The molecule has 0 saturated heterocycles. The molecular formula is C17H13N3O2. The quantitative estimate of drug-likeness (QED) is 0.577. The van der Waals surface area contributed by atoms with Crippen molar-refractivity contribution in [3.05, 3.63) is 61.2 Å². The van der Waals surface area contributed by atoms with Crippen LogP contribution in [0.25, 0.3) is 28.2 Å². The molecule has 0 aliphatic rings. The molecule has 0 atom stereocenters. The average molecular weight is 291 g/mol. The summed E-state index contributed by atoms with van der Waals surface area (Å²) in [5.41, 5.74) is 1.51. The average Bonchev–Trinajstić information content (AvgIpc) is 3.23. The third-order valence-corrected chi connectivity index (χ3v) is 3.51. The first-order valence-electron chi connectivity index (χ1n) is 6.87. The standard InChI is InChI=1S/C17H13N3O2/c1-21-13-6-4-5-12(9-13)15-10-14-16(20-7-2-3-8-20)18-11-19-17(14)22-15/h2-11H,1H3. The van der Waals surface area contributed by atoms with Gasteiger partial charge in [-0.15, -0.1) is 0 Å². The molecule has 5 nitrogen and oxygen atoms in total. The van der Waals surface area contributed by atoms with Crippen molar-refractivity contribution in [2.75, 3.05) is 7.11 Å². The highest BCUT2D eigenvalue weighted by Crippen LogP contribution is 2.30. The van der Waals surface area contributed by atoms with Crippen LogP contribution in [0.15, 0.2) is 65.6 Å². The molecule has 0 radical (unpaired) electrons. The van der Waals surface area contributed by atoms with Crippen LogP contribution in [0.1, 0.15) is 0 Å². The predicted octanol–water partition coefficient (Wildman–Crippen LogP) is 3.69. The Kier molecular flexibility index (Phi) is 2.89. The zero-order valence-corrected chi connectivity index (χ0v) is 11.9. The first kappa shape index (κ1) is 12.6. The number of rotatable bonds is 3. The highest BCUT2D eigenvalue weighted by atomic mass is 16.5. The third-order valence-electron chi connectivity index (χ3n) is 3.51. The van der Waals surface area contributed by atoms with Crippen LogP contribution >= 0.6 is 0 Å². The first-order chi connectivity index (χ1) is 10.8. The lowest BCUT2D eigenvalue weighted by molar-refractivity contribution is 0.415. The molecule has 0 saturated carbocycles. The number of hydrogen-bond acceptors (Lipinski definition) is 4. The number of fused-ring (bicyclic) bond motifs is 1. The number of furan rings is 1. The maximum absolute atomic E-state index is 5.87. The molecule has 0 unspecified atom stereocenters. The van der Waals surface area contributed by atoms with E-state index in [0.717, 1.165) is 28.3 Å². The van der Waals surface area contributed by atoms with Gasteiger partial charge >= 0.3 is 0 Å². The lowest BCUT2D eigenvalue weighted by Gasteiger charge is -2.01. The minimum atomic E-state index is 0.566. The van der Waals surface area contributed by atoms with E-state index in [1.165, 1.54) is 6.33 Å². The third kappa shape index (κ3) is 2.03. The van der Waals surface area contributed by atoms with E-state index in [9.17, 15) is 0 Å². The molecule has 0 fully saturated rings. The Morgan fingerprint density at radius 2 is 1.91 bits per heavy atom. The van der Waals surface area contributed by atoms with E-state index in [1.54, 1.807) is 7.11 Å². The summed E-state index contributed by atoms with van der Waals surface area (Å²) >= 11 is 0. The maximum Gasteiger partial charge on any atom is 0.231 e. The lowest BCUT2D eigenvalue weighted by atomic mass is 10.1. The minimum absolute atomic E-state index is 0.566. The monoisotopic (exact) mass is 291 g/mol. The number of benzene rings is 1. The van der Waals surface area contributed by atoms with Gasteiger partial charge in [0.25, 0.3) is 0 Å². The van der Waals surface area contributed by atoms with Crippen molar-refractivity contribution < 1.29 is 9.15 Å². The summed E-state index contributed by atoms with van der Waals surface area (Å²) in [5, 5.41) is 0.872. The summed E-state index contributed by atoms with van der Waals surface area (Å²) in [6, 6.07) is 13.6. The summed E-state index contributed by atoms with van der Waals surface area (Å²) in [7, 11) is 1.65. The van der Waals surface area contributed by atoms with E-state index < -0.39 is 0 Å². The van der Waals surface area contributed by atoms with E-state index >= 15 is 0 Å². The summed E-state index contributed by atoms with van der Waals surface area (Å²) in [5.74, 6) is 2.32. The molecule has 0 aliphatic carbocycles. The second-order valence-electron chi connectivity index (χ2n) is 4.85. The Morgan fingerprint density at radius 1 is 1.05 bits per heavy atom. The highest BCUT2D eigenvalue weighted by Gasteiger charge is 2.13. The first-order valence-corrected chi connectivity index (χ1v) is 6.87. The molecule has 4 rings (SSSR count). The van der Waals surface area contributed by atoms with E-state index in [1.807, 2.05) is 59.4 Å². The van der Waals surface area contributed by atoms with Gasteiger partial charge in [0.1, 0.15) is 17.8 Å². The molecule has 3 aromatic heterocycles. The van der Waals surface area contributed by atoms with E-state index in [-0.39, 0.29) is 0 Å². The van der Waals surface area contributed by atoms with Gasteiger partial charge in [0.05, 0.1) is 12.5 Å². The van der Waals surface area contributed by atoms with Gasteiger partial charge in [0.15, 0.2) is 5.82 Å². The molecule has 3 heterocycles. The van der Waals surface area contributed by atoms with Gasteiger partial charge < -0.3 is 13.7 Å². The van der Waals surface area contributed by atoms with Crippen LogP contribution in [0.3, 0.4) is 0 Å². The van der Waals surface area contributed by atoms with Crippen molar-refractivity contribution in [1.82, 2.24) is 14.5 Å². The predicted molar refractivity (Wildman–Crippen MR) is 83.1 cm³/mol. The van der Waals surface area contributed by atoms with Gasteiger partial charge in [-0.3, -0.25) is 0 Å². The van der Waals surface area contributed by atoms with Crippen molar-refractivity contribution in [2.45, 2.75) is 0 Å². The van der Waals surface area contributed by atoms with E-state index in [2.05, 4.69) is 9.97 Å². The lowest BCUT2D eigenvalue weighted by Crippen LogP contribution is -1.94. The largest absolute Gasteiger partial charge is 0.497 e. The van der Waals surface area contributed by atoms with Crippen LogP contribution in [0.5, 0.6) is 5.75 Å². The summed E-state index contributed by atoms with van der Waals surface area (Å²) in [6.07, 6.45) is 5.40. The van der Waals surface area contributed by atoms with Crippen LogP contribution < -0.4 is 4.74 Å². The van der Waals surface area contributed by atoms with Crippen molar-refractivity contribution in [3.8, 4) is 22.9 Å². The second kappa shape index (κ2) is 5.04. The van der Waals surface area contributed by atoms with Crippen molar-refractivity contribution in [3.63, 3.8) is 0 Å². The topological polar surface area (TPSA) is 53.1 Å². The number of aromatic nitrogens is 3. The SMILES string of the molecule is COc1cccc(-c2cc3c(-n4cccc4)ncnc3o2)c1. The molecule has 108 valence electrons. The van der Waals surface area contributed by atoms with E-state index in [0.29, 0.717) is 5.71 Å². The van der Waals surface area contributed by atoms with Gasteiger partial charge in [-0.2, -0.15) is 0 Å². The molecule has 0 amide bonds. The Labute approximate surface area is 126 Å². The normalized spacial score (nSPS) is 11.0. The van der Waals surface area contributed by atoms with Crippen LogP contribution in [0.2, 0.25) is 0 Å². The molecule has 0 spiro atoms. The zero-order valence-electron chi connectivity index (χ0n) is 11.9. The Balaban J connectivity index is 1.89.